The van der Waals surface area contributed by atoms with E-state index in [1.807, 2.05) is 13.0 Å². The number of aliphatic hydroxyl groups excluding tert-OH is 1. The van der Waals surface area contributed by atoms with Crippen molar-refractivity contribution < 1.29 is 19.4 Å². The predicted octanol–water partition coefficient (Wildman–Crippen LogP) is 2.23. The van der Waals surface area contributed by atoms with Crippen molar-refractivity contribution >= 4 is 5.97 Å². The van der Waals surface area contributed by atoms with Gasteiger partial charge in [-0.3, -0.25) is 0 Å². The molecule has 0 saturated carbocycles. The highest BCUT2D eigenvalue weighted by Crippen LogP contribution is 2.07. The maximum absolute atomic E-state index is 11.1. The van der Waals surface area contributed by atoms with E-state index in [2.05, 4.69) is 24.7 Å². The lowest BCUT2D eigenvalue weighted by Gasteiger charge is -2.11. The fourth-order valence-electron chi connectivity index (χ4n) is 1.32. The molecule has 0 aliphatic heterocycles. The molecule has 0 unspecified atom stereocenters. The van der Waals surface area contributed by atoms with E-state index in [4.69, 9.17) is 9.84 Å². The molecule has 0 rings (SSSR count). The van der Waals surface area contributed by atoms with Gasteiger partial charge in [0, 0.05) is 0 Å². The van der Waals surface area contributed by atoms with Crippen LogP contribution in [0.4, 0.5) is 0 Å². The maximum Gasteiger partial charge on any atom is 0.337 e. The van der Waals surface area contributed by atoms with Crippen LogP contribution in [0.2, 0.25) is 0 Å². The first-order valence-electron chi connectivity index (χ1n) is 6.10. The molecule has 4 nitrogen and oxygen atoms in total. The van der Waals surface area contributed by atoms with Crippen LogP contribution in [0, 0.1) is 0 Å². The molecule has 0 aromatic rings. The minimum Gasteiger partial charge on any atom is -0.467 e. The topological polar surface area (TPSA) is 55.8 Å². The van der Waals surface area contributed by atoms with E-state index in [0.29, 0.717) is 6.61 Å². The minimum absolute atomic E-state index is 0.307. The number of ether oxygens (including phenoxy) is 2. The Morgan fingerprint density at radius 3 is 2.44 bits per heavy atom. The van der Waals surface area contributed by atoms with Gasteiger partial charge in [0.15, 0.2) is 6.10 Å². The van der Waals surface area contributed by atoms with E-state index in [1.165, 1.54) is 18.3 Å². The van der Waals surface area contributed by atoms with Crippen LogP contribution in [0.1, 0.15) is 33.6 Å². The van der Waals surface area contributed by atoms with Crippen LogP contribution >= 0.6 is 0 Å². The lowest BCUT2D eigenvalue weighted by molar-refractivity contribution is -0.155. The number of allylic oxidation sites excluding steroid dienone is 3. The summed E-state index contributed by atoms with van der Waals surface area (Å²) in [6.45, 7) is 6.11. The Morgan fingerprint density at radius 1 is 1.28 bits per heavy atom. The van der Waals surface area contributed by atoms with Crippen molar-refractivity contribution in [3.05, 3.63) is 23.3 Å². The van der Waals surface area contributed by atoms with Crippen molar-refractivity contribution in [3.8, 4) is 0 Å². The highest BCUT2D eigenvalue weighted by Gasteiger charge is 2.17. The summed E-state index contributed by atoms with van der Waals surface area (Å²) in [5.41, 5.74) is 2.51. The highest BCUT2D eigenvalue weighted by molar-refractivity contribution is 5.74. The first kappa shape index (κ1) is 16.9. The van der Waals surface area contributed by atoms with Crippen LogP contribution in [-0.2, 0) is 14.3 Å². The number of esters is 1. The van der Waals surface area contributed by atoms with Crippen LogP contribution in [0.3, 0.4) is 0 Å². The first-order chi connectivity index (χ1) is 8.51. The van der Waals surface area contributed by atoms with Crippen molar-refractivity contribution in [2.24, 2.45) is 0 Å². The summed E-state index contributed by atoms with van der Waals surface area (Å²) in [5, 5.41) is 8.94. The zero-order valence-electron chi connectivity index (χ0n) is 11.7. The third-order valence-corrected chi connectivity index (χ3v) is 2.45. The molecule has 1 atom stereocenters. The van der Waals surface area contributed by atoms with Gasteiger partial charge in [0.25, 0.3) is 0 Å². The number of methoxy groups -OCH3 is 1. The van der Waals surface area contributed by atoms with E-state index in [-0.39, 0.29) is 6.61 Å². The van der Waals surface area contributed by atoms with E-state index < -0.39 is 12.1 Å². The Kier molecular flexibility index (Phi) is 9.24. The third kappa shape index (κ3) is 8.03. The largest absolute Gasteiger partial charge is 0.467 e. The zero-order chi connectivity index (χ0) is 14.0. The van der Waals surface area contributed by atoms with Crippen molar-refractivity contribution in [2.75, 3.05) is 20.3 Å². The van der Waals surface area contributed by atoms with Crippen molar-refractivity contribution in [2.45, 2.75) is 39.7 Å². The molecule has 0 aromatic carbocycles. The molecule has 0 radical (unpaired) electrons. The van der Waals surface area contributed by atoms with Crippen LogP contribution in [0.25, 0.3) is 0 Å². The molecule has 1 N–H and O–H groups in total. The summed E-state index contributed by atoms with van der Waals surface area (Å²) in [4.78, 5) is 11.1. The second kappa shape index (κ2) is 9.85. The van der Waals surface area contributed by atoms with Crippen LogP contribution < -0.4 is 0 Å². The quantitative estimate of drug-likeness (QED) is 0.534. The summed E-state index contributed by atoms with van der Waals surface area (Å²) < 4.78 is 9.73. The smallest absolute Gasteiger partial charge is 0.337 e. The van der Waals surface area contributed by atoms with E-state index in [0.717, 1.165) is 12.8 Å². The standard InChI is InChI=1S/C14H24O4/c1-11(2)6-5-7-12(3)8-9-18-13(10-15)14(16)17-4/h6,8,13,15H,5,7,9-10H2,1-4H3/t13-/m1/s1. The molecule has 104 valence electrons. The molecule has 0 spiro atoms. The number of aliphatic hydroxyl groups is 1. The molecule has 0 aliphatic rings. The molecule has 18 heavy (non-hydrogen) atoms. The molecule has 0 aliphatic carbocycles. The van der Waals surface area contributed by atoms with Gasteiger partial charge in [0.05, 0.1) is 20.3 Å². The van der Waals surface area contributed by atoms with E-state index in [9.17, 15) is 4.79 Å². The Balaban J connectivity index is 3.98. The Labute approximate surface area is 109 Å². The van der Waals surface area contributed by atoms with Crippen LogP contribution in [0.5, 0.6) is 0 Å². The van der Waals surface area contributed by atoms with Gasteiger partial charge in [0.2, 0.25) is 0 Å². The number of carbonyl (C=O) groups excluding carboxylic acids is 1. The molecule has 4 heteroatoms. The van der Waals surface area contributed by atoms with Gasteiger partial charge in [-0.15, -0.1) is 0 Å². The summed E-state index contributed by atoms with van der Waals surface area (Å²) in [6.07, 6.45) is 5.19. The van der Waals surface area contributed by atoms with Crippen LogP contribution in [-0.4, -0.2) is 37.5 Å². The number of carbonyl (C=O) groups is 1. The molecule has 0 amide bonds. The van der Waals surface area contributed by atoms with Gasteiger partial charge >= 0.3 is 5.97 Å². The van der Waals surface area contributed by atoms with Gasteiger partial charge in [-0.1, -0.05) is 23.3 Å². The minimum atomic E-state index is -0.892. The lowest BCUT2D eigenvalue weighted by atomic mass is 10.1. The molecular weight excluding hydrogens is 232 g/mol. The summed E-state index contributed by atoms with van der Waals surface area (Å²) >= 11 is 0. The Bertz CT molecular complexity index is 301. The van der Waals surface area contributed by atoms with E-state index >= 15 is 0 Å². The van der Waals surface area contributed by atoms with Gasteiger partial charge in [0.1, 0.15) is 0 Å². The van der Waals surface area contributed by atoms with Gasteiger partial charge < -0.3 is 14.6 Å². The number of hydrogen-bond donors (Lipinski definition) is 1. The van der Waals surface area contributed by atoms with Crippen molar-refractivity contribution in [1.82, 2.24) is 0 Å². The summed E-state index contributed by atoms with van der Waals surface area (Å²) in [6, 6.07) is 0. The predicted molar refractivity (Wildman–Crippen MR) is 71.3 cm³/mol. The van der Waals surface area contributed by atoms with Gasteiger partial charge in [-0.25, -0.2) is 4.79 Å². The van der Waals surface area contributed by atoms with Gasteiger partial charge in [-0.2, -0.15) is 0 Å². The summed E-state index contributed by atoms with van der Waals surface area (Å²) in [7, 11) is 1.27. The summed E-state index contributed by atoms with van der Waals surface area (Å²) in [5.74, 6) is -0.548. The van der Waals surface area contributed by atoms with Crippen molar-refractivity contribution in [1.29, 1.82) is 0 Å². The Morgan fingerprint density at radius 2 is 1.94 bits per heavy atom. The SMILES string of the molecule is COC(=O)[C@@H](CO)OCC=C(C)CCC=C(C)C. The van der Waals surface area contributed by atoms with Gasteiger partial charge in [-0.05, 0) is 33.6 Å². The fraction of sp³-hybridized carbons (Fsp3) is 0.643. The number of rotatable bonds is 8. The monoisotopic (exact) mass is 256 g/mol. The molecule has 0 bridgehead atoms. The molecule has 0 fully saturated rings. The average molecular weight is 256 g/mol. The van der Waals surface area contributed by atoms with Crippen LogP contribution in [0.15, 0.2) is 23.3 Å². The lowest BCUT2D eigenvalue weighted by Crippen LogP contribution is -2.29. The van der Waals surface area contributed by atoms with E-state index in [1.54, 1.807) is 0 Å². The third-order valence-electron chi connectivity index (χ3n) is 2.45. The molecule has 0 aromatic heterocycles. The second-order valence-electron chi connectivity index (χ2n) is 4.40. The molecule has 0 heterocycles. The maximum atomic E-state index is 11.1. The fourth-order valence-corrected chi connectivity index (χ4v) is 1.32. The average Bonchev–Trinajstić information content (AvgIpc) is 2.33. The first-order valence-corrected chi connectivity index (χ1v) is 6.10. The molecular formula is C14H24O4. The van der Waals surface area contributed by atoms with Crippen molar-refractivity contribution in [3.63, 3.8) is 0 Å². The zero-order valence-corrected chi connectivity index (χ0v) is 11.7. The highest BCUT2D eigenvalue weighted by atomic mass is 16.6. The number of hydrogen-bond acceptors (Lipinski definition) is 4. The normalized spacial score (nSPS) is 13.1. The second-order valence-corrected chi connectivity index (χ2v) is 4.40. The Hall–Kier alpha value is -1.13. The molecule has 0 saturated heterocycles.